The van der Waals surface area contributed by atoms with Crippen molar-refractivity contribution in [1.82, 2.24) is 0 Å². The van der Waals surface area contributed by atoms with E-state index in [1.54, 1.807) is 12.2 Å². The molecule has 0 amide bonds. The predicted molar refractivity (Wildman–Crippen MR) is 71.2 cm³/mol. The van der Waals surface area contributed by atoms with Crippen LogP contribution < -0.4 is 0 Å². The van der Waals surface area contributed by atoms with Crippen LogP contribution in [0.5, 0.6) is 0 Å². The number of hydrogen-bond donors (Lipinski definition) is 1. The van der Waals surface area contributed by atoms with Gasteiger partial charge >= 0.3 is 0 Å². The van der Waals surface area contributed by atoms with Gasteiger partial charge in [0.05, 0.1) is 16.0 Å². The Balaban J connectivity index is 0.00000133. The number of carbonyl (C=O) groups excluding carboxylic acids is 1. The summed E-state index contributed by atoms with van der Waals surface area (Å²) in [5.41, 5.74) is 1.75. The van der Waals surface area contributed by atoms with Gasteiger partial charge in [-0.25, -0.2) is 0 Å². The Morgan fingerprint density at radius 1 is 1.16 bits per heavy atom. The summed E-state index contributed by atoms with van der Waals surface area (Å²) in [5.74, 6) is -0.724. The molecule has 0 aromatic carbocycles. The second kappa shape index (κ2) is 5.43. The zero-order valence-corrected chi connectivity index (χ0v) is 12.1. The van der Waals surface area contributed by atoms with Gasteiger partial charge in [-0.3, -0.25) is 4.79 Å². The van der Waals surface area contributed by atoms with Gasteiger partial charge in [0, 0.05) is 23.0 Å². The average molecular weight is 345 g/mol. The van der Waals surface area contributed by atoms with Crippen molar-refractivity contribution in [2.75, 3.05) is 0 Å². The third-order valence-corrected chi connectivity index (χ3v) is 4.33. The van der Waals surface area contributed by atoms with E-state index < -0.39 is 12.0 Å². The number of carbonyl (C=O) groups is 1. The van der Waals surface area contributed by atoms with Crippen LogP contribution in [0.4, 0.5) is 0 Å². The fourth-order valence-electron chi connectivity index (χ4n) is 2.63. The zero-order chi connectivity index (χ0) is 12.9. The Morgan fingerprint density at radius 3 is 2.63 bits per heavy atom. The van der Waals surface area contributed by atoms with Crippen molar-refractivity contribution in [3.05, 3.63) is 57.7 Å². The van der Waals surface area contributed by atoms with Crippen molar-refractivity contribution in [2.45, 2.75) is 6.10 Å². The number of ketones is 1. The molecule has 0 heterocycles. The number of aliphatic hydroxyl groups excluding tert-OH is 1. The van der Waals surface area contributed by atoms with Gasteiger partial charge in [0.25, 0.3) is 0 Å². The quantitative estimate of drug-likeness (QED) is 0.686. The number of halogens is 2. The Hall–Kier alpha value is -0.571. The molecule has 0 saturated heterocycles. The van der Waals surface area contributed by atoms with Gasteiger partial charge in [0.15, 0.2) is 5.78 Å². The van der Waals surface area contributed by atoms with Crippen LogP contribution >= 0.6 is 23.2 Å². The minimum Gasteiger partial charge on any atom is -0.386 e. The molecule has 1 radical (unpaired) electrons. The Labute approximate surface area is 131 Å². The number of aliphatic hydroxyl groups is 1. The van der Waals surface area contributed by atoms with Crippen molar-refractivity contribution in [3.63, 3.8) is 0 Å². The van der Waals surface area contributed by atoms with E-state index in [0.29, 0.717) is 5.03 Å². The van der Waals surface area contributed by atoms with Gasteiger partial charge in [0.1, 0.15) is 6.10 Å². The summed E-state index contributed by atoms with van der Waals surface area (Å²) in [6.07, 6.45) is 9.96. The Bertz CT molecular complexity index is 584. The molecule has 1 N–H and O–H groups in total. The molecule has 2 nitrogen and oxygen atoms in total. The minimum atomic E-state index is -1.04. The first-order valence-corrected chi connectivity index (χ1v) is 6.40. The van der Waals surface area contributed by atoms with E-state index in [4.69, 9.17) is 23.2 Å². The van der Waals surface area contributed by atoms with Crippen molar-refractivity contribution in [3.8, 4) is 0 Å². The summed E-state index contributed by atoms with van der Waals surface area (Å²) in [4.78, 5) is 12.1. The van der Waals surface area contributed by atoms with Crippen molar-refractivity contribution >= 4 is 29.0 Å². The van der Waals surface area contributed by atoms with E-state index >= 15 is 0 Å². The first-order chi connectivity index (χ1) is 8.59. The fraction of sp³-hybridized carbons (Fsp3) is 0.214. The van der Waals surface area contributed by atoms with E-state index in [9.17, 15) is 9.90 Å². The maximum atomic E-state index is 12.1. The molecular formula is C14H10Cl2CuO2. The maximum absolute atomic E-state index is 12.1. The fourth-order valence-corrected chi connectivity index (χ4v) is 3.05. The molecule has 0 spiro atoms. The molecule has 0 bridgehead atoms. The van der Waals surface area contributed by atoms with Gasteiger partial charge in [-0.05, 0) is 23.3 Å². The third-order valence-electron chi connectivity index (χ3n) is 3.49. The monoisotopic (exact) mass is 343 g/mol. The average Bonchev–Trinajstić information content (AvgIpc) is 2.35. The number of allylic oxidation sites excluding steroid dienone is 8. The van der Waals surface area contributed by atoms with E-state index in [2.05, 4.69) is 0 Å². The van der Waals surface area contributed by atoms with Gasteiger partial charge in [0.2, 0.25) is 0 Å². The van der Waals surface area contributed by atoms with Crippen molar-refractivity contribution in [2.24, 2.45) is 11.8 Å². The molecule has 0 aromatic rings. The minimum absolute atomic E-state index is 0. The van der Waals surface area contributed by atoms with E-state index in [0.717, 1.165) is 11.1 Å². The van der Waals surface area contributed by atoms with Crippen LogP contribution in [0.15, 0.2) is 57.7 Å². The molecule has 0 saturated carbocycles. The standard InChI is InChI=1S/C14H10Cl2O2.Cu/c15-10-6-9-8-4-2-1-3-7(8)5-11(17)12(9)14(18)13(10)16;/h1-6,8,12,14,18H;. The van der Waals surface area contributed by atoms with Gasteiger partial charge in [-0.1, -0.05) is 47.5 Å². The molecule has 3 atom stereocenters. The molecule has 5 heteroatoms. The zero-order valence-electron chi connectivity index (χ0n) is 9.61. The molecule has 0 aromatic heterocycles. The van der Waals surface area contributed by atoms with Gasteiger partial charge in [-0.2, -0.15) is 0 Å². The van der Waals surface area contributed by atoms with E-state index in [1.807, 2.05) is 24.3 Å². The van der Waals surface area contributed by atoms with Crippen LogP contribution in [0.3, 0.4) is 0 Å². The molecule has 103 valence electrons. The Kier molecular flexibility index (Phi) is 4.24. The van der Waals surface area contributed by atoms with Crippen LogP contribution in [0, 0.1) is 11.8 Å². The first kappa shape index (κ1) is 14.8. The Morgan fingerprint density at radius 2 is 1.89 bits per heavy atom. The summed E-state index contributed by atoms with van der Waals surface area (Å²) in [5, 5.41) is 10.6. The molecule has 3 aliphatic rings. The van der Waals surface area contributed by atoms with Crippen molar-refractivity contribution in [1.29, 1.82) is 0 Å². The summed E-state index contributed by atoms with van der Waals surface area (Å²) >= 11 is 11.9. The summed E-state index contributed by atoms with van der Waals surface area (Å²) < 4.78 is 0. The predicted octanol–water partition coefficient (Wildman–Crippen LogP) is 2.84. The van der Waals surface area contributed by atoms with Crippen LogP contribution in [-0.4, -0.2) is 17.0 Å². The topological polar surface area (TPSA) is 37.3 Å². The second-order valence-electron chi connectivity index (χ2n) is 4.53. The molecule has 0 fully saturated rings. The maximum Gasteiger partial charge on any atom is 0.166 e. The van der Waals surface area contributed by atoms with Gasteiger partial charge < -0.3 is 5.11 Å². The summed E-state index contributed by atoms with van der Waals surface area (Å²) in [6.45, 7) is 0. The number of rotatable bonds is 0. The molecule has 0 aliphatic heterocycles. The van der Waals surface area contributed by atoms with E-state index in [-0.39, 0.29) is 33.8 Å². The van der Waals surface area contributed by atoms with Crippen LogP contribution in [0.1, 0.15) is 0 Å². The molecule has 3 rings (SSSR count). The number of fused-ring (bicyclic) bond motifs is 3. The SMILES string of the molecule is O=C1C=C2C=CC=CC2C2=CC(Cl)=C(Cl)C(O)C12.[Cu]. The van der Waals surface area contributed by atoms with Gasteiger partial charge in [-0.15, -0.1) is 0 Å². The smallest absolute Gasteiger partial charge is 0.166 e. The van der Waals surface area contributed by atoms with E-state index in [1.165, 1.54) is 0 Å². The molecule has 3 aliphatic carbocycles. The number of hydrogen-bond acceptors (Lipinski definition) is 2. The van der Waals surface area contributed by atoms with Crippen LogP contribution in [0.25, 0.3) is 0 Å². The largest absolute Gasteiger partial charge is 0.386 e. The van der Waals surface area contributed by atoms with Crippen molar-refractivity contribution < 1.29 is 27.0 Å². The molecule has 19 heavy (non-hydrogen) atoms. The first-order valence-electron chi connectivity index (χ1n) is 5.64. The van der Waals surface area contributed by atoms with Crippen LogP contribution in [-0.2, 0) is 21.9 Å². The molecule has 3 unspecified atom stereocenters. The summed E-state index contributed by atoms with van der Waals surface area (Å²) in [7, 11) is 0. The third kappa shape index (κ3) is 2.30. The van der Waals surface area contributed by atoms with Crippen LogP contribution in [0.2, 0.25) is 0 Å². The normalized spacial score (nSPS) is 32.2. The molecular weight excluding hydrogens is 335 g/mol. The second-order valence-corrected chi connectivity index (χ2v) is 5.35. The summed E-state index contributed by atoms with van der Waals surface area (Å²) in [6, 6.07) is 0.